The van der Waals surface area contributed by atoms with E-state index in [0.717, 1.165) is 0 Å². The summed E-state index contributed by atoms with van der Waals surface area (Å²) in [5, 5.41) is 0.668. The van der Waals surface area contributed by atoms with Gasteiger partial charge in [0.1, 0.15) is 5.75 Å². The van der Waals surface area contributed by atoms with Crippen LogP contribution in [0.4, 0.5) is 4.11 Å². The Morgan fingerprint density at radius 3 is 1.93 bits per heavy atom. The molecule has 0 aliphatic heterocycles. The lowest BCUT2D eigenvalue weighted by Gasteiger charge is -2.09. The van der Waals surface area contributed by atoms with E-state index in [0.29, 0.717) is 10.9 Å². The third-order valence-electron chi connectivity index (χ3n) is 2.04. The standard InChI is InChI=1S/C12H11FOSi/c13-15(12-9-5-2-6-10-12)14-11-7-3-1-4-8-11/h1-10,15H. The molecular weight excluding hydrogens is 207 g/mol. The number of halogens is 1. The van der Waals surface area contributed by atoms with Gasteiger partial charge < -0.3 is 4.43 Å². The molecule has 3 heteroatoms. The first-order valence-corrected chi connectivity index (χ1v) is 6.25. The Kier molecular flexibility index (Phi) is 3.14. The van der Waals surface area contributed by atoms with Crippen molar-refractivity contribution in [3.63, 3.8) is 0 Å². The topological polar surface area (TPSA) is 9.23 Å². The van der Waals surface area contributed by atoms with Crippen LogP contribution in [0, 0.1) is 0 Å². The van der Waals surface area contributed by atoms with E-state index in [1.54, 1.807) is 24.3 Å². The van der Waals surface area contributed by atoms with Crippen LogP contribution in [0.25, 0.3) is 0 Å². The lowest BCUT2D eigenvalue weighted by Crippen LogP contribution is -2.31. The lowest BCUT2D eigenvalue weighted by atomic mass is 10.3. The summed E-state index contributed by atoms with van der Waals surface area (Å²) < 4.78 is 19.0. The molecule has 0 amide bonds. The van der Waals surface area contributed by atoms with Crippen molar-refractivity contribution in [3.05, 3.63) is 60.7 Å². The average molecular weight is 218 g/mol. The molecule has 1 atom stereocenters. The predicted molar refractivity (Wildman–Crippen MR) is 61.4 cm³/mol. The fourth-order valence-corrected chi connectivity index (χ4v) is 2.35. The Bertz CT molecular complexity index is 404. The van der Waals surface area contributed by atoms with Crippen LogP contribution in [0.3, 0.4) is 0 Å². The van der Waals surface area contributed by atoms with Crippen LogP contribution in [0.15, 0.2) is 60.7 Å². The molecule has 2 aromatic rings. The summed E-state index contributed by atoms with van der Waals surface area (Å²) in [7, 11) is -2.79. The smallest absolute Gasteiger partial charge is 0.458 e. The molecule has 2 rings (SSSR count). The highest BCUT2D eigenvalue weighted by atomic mass is 28.3. The van der Waals surface area contributed by atoms with Crippen LogP contribution >= 0.6 is 0 Å². The van der Waals surface area contributed by atoms with Gasteiger partial charge in [0.05, 0.1) is 0 Å². The van der Waals surface area contributed by atoms with E-state index in [2.05, 4.69) is 0 Å². The third-order valence-corrected chi connectivity index (χ3v) is 3.43. The molecule has 0 aliphatic carbocycles. The summed E-state index contributed by atoms with van der Waals surface area (Å²) >= 11 is 0. The molecule has 0 saturated carbocycles. The molecular formula is C12H11FOSi. The minimum atomic E-state index is -2.79. The Labute approximate surface area is 90.0 Å². The number of hydrogen-bond acceptors (Lipinski definition) is 1. The average Bonchev–Trinajstić information content (AvgIpc) is 2.31. The zero-order valence-corrected chi connectivity index (χ0v) is 9.29. The van der Waals surface area contributed by atoms with Crippen LogP contribution in [-0.4, -0.2) is 9.37 Å². The Hall–Kier alpha value is -1.61. The Morgan fingerprint density at radius 2 is 1.33 bits per heavy atom. The van der Waals surface area contributed by atoms with Gasteiger partial charge in [-0.1, -0.05) is 48.5 Å². The van der Waals surface area contributed by atoms with Crippen LogP contribution in [0.2, 0.25) is 0 Å². The fourth-order valence-electron chi connectivity index (χ4n) is 1.29. The van der Waals surface area contributed by atoms with Crippen LogP contribution in [-0.2, 0) is 0 Å². The van der Waals surface area contributed by atoms with Gasteiger partial charge in [-0.15, -0.1) is 0 Å². The van der Waals surface area contributed by atoms with Crippen LogP contribution in [0.1, 0.15) is 0 Å². The fraction of sp³-hybridized carbons (Fsp3) is 0. The van der Waals surface area contributed by atoms with Gasteiger partial charge in [-0.3, -0.25) is 4.11 Å². The summed E-state index contributed by atoms with van der Waals surface area (Å²) in [6.45, 7) is 0. The van der Waals surface area contributed by atoms with Gasteiger partial charge in [0, 0.05) is 5.19 Å². The van der Waals surface area contributed by atoms with Gasteiger partial charge in [-0.25, -0.2) is 0 Å². The third kappa shape index (κ3) is 2.67. The molecule has 0 aromatic heterocycles. The van der Waals surface area contributed by atoms with Gasteiger partial charge in [0.15, 0.2) is 0 Å². The zero-order chi connectivity index (χ0) is 10.5. The van der Waals surface area contributed by atoms with Crippen LogP contribution in [0.5, 0.6) is 5.75 Å². The van der Waals surface area contributed by atoms with E-state index in [1.165, 1.54) is 0 Å². The van der Waals surface area contributed by atoms with E-state index in [9.17, 15) is 4.11 Å². The Balaban J connectivity index is 2.08. The lowest BCUT2D eigenvalue weighted by molar-refractivity contribution is 0.517. The predicted octanol–water partition coefficient (Wildman–Crippen LogP) is 2.16. The molecule has 0 fully saturated rings. The minimum Gasteiger partial charge on any atom is -0.517 e. The summed E-state index contributed by atoms with van der Waals surface area (Å²) in [6.07, 6.45) is 0. The SMILES string of the molecule is F[SiH](Oc1ccccc1)c1ccccc1. The summed E-state index contributed by atoms with van der Waals surface area (Å²) in [4.78, 5) is 0. The maximum atomic E-state index is 13.7. The van der Waals surface area contributed by atoms with Gasteiger partial charge in [0.2, 0.25) is 0 Å². The molecule has 0 bridgehead atoms. The van der Waals surface area contributed by atoms with E-state index < -0.39 is 9.37 Å². The highest BCUT2D eigenvalue weighted by Crippen LogP contribution is 2.09. The van der Waals surface area contributed by atoms with Crippen molar-refractivity contribution in [2.75, 3.05) is 0 Å². The van der Waals surface area contributed by atoms with E-state index in [1.807, 2.05) is 36.4 Å². The first kappa shape index (κ1) is 9.92. The van der Waals surface area contributed by atoms with Crippen molar-refractivity contribution in [1.29, 1.82) is 0 Å². The second kappa shape index (κ2) is 4.75. The van der Waals surface area contributed by atoms with Crippen molar-refractivity contribution in [3.8, 4) is 5.75 Å². The summed E-state index contributed by atoms with van der Waals surface area (Å²) in [5.41, 5.74) is 0. The maximum absolute atomic E-state index is 13.7. The first-order valence-electron chi connectivity index (χ1n) is 4.77. The molecule has 0 radical (unpaired) electrons. The van der Waals surface area contributed by atoms with Crippen molar-refractivity contribution in [2.24, 2.45) is 0 Å². The number of hydrogen-bond donors (Lipinski definition) is 0. The summed E-state index contributed by atoms with van der Waals surface area (Å²) in [5.74, 6) is 0.598. The normalized spacial score (nSPS) is 12.1. The second-order valence-corrected chi connectivity index (χ2v) is 4.69. The number of para-hydroxylation sites is 1. The van der Waals surface area contributed by atoms with E-state index in [4.69, 9.17) is 4.43 Å². The minimum absolute atomic E-state index is 0.598. The molecule has 15 heavy (non-hydrogen) atoms. The van der Waals surface area contributed by atoms with E-state index >= 15 is 0 Å². The van der Waals surface area contributed by atoms with Gasteiger partial charge in [0.25, 0.3) is 0 Å². The Morgan fingerprint density at radius 1 is 0.800 bits per heavy atom. The molecule has 76 valence electrons. The van der Waals surface area contributed by atoms with Crippen molar-refractivity contribution in [2.45, 2.75) is 0 Å². The molecule has 0 aliphatic rings. The number of rotatable bonds is 3. The monoisotopic (exact) mass is 218 g/mol. The van der Waals surface area contributed by atoms with E-state index in [-0.39, 0.29) is 0 Å². The van der Waals surface area contributed by atoms with Gasteiger partial charge >= 0.3 is 9.37 Å². The second-order valence-electron chi connectivity index (χ2n) is 3.16. The van der Waals surface area contributed by atoms with Crippen LogP contribution < -0.4 is 9.61 Å². The highest BCUT2D eigenvalue weighted by Gasteiger charge is 2.14. The first-order chi connectivity index (χ1) is 7.36. The van der Waals surface area contributed by atoms with Crippen molar-refractivity contribution < 1.29 is 8.53 Å². The van der Waals surface area contributed by atoms with Gasteiger partial charge in [-0.2, -0.15) is 0 Å². The largest absolute Gasteiger partial charge is 0.517 e. The molecule has 1 unspecified atom stereocenters. The molecule has 0 spiro atoms. The molecule has 1 nitrogen and oxygen atoms in total. The number of benzene rings is 2. The molecule has 0 saturated heterocycles. The van der Waals surface area contributed by atoms with Crippen molar-refractivity contribution >= 4 is 14.6 Å². The molecule has 0 N–H and O–H groups in total. The highest BCUT2D eigenvalue weighted by molar-refractivity contribution is 6.61. The molecule has 0 heterocycles. The molecule has 2 aromatic carbocycles. The quantitative estimate of drug-likeness (QED) is 0.566. The summed E-state index contributed by atoms with van der Waals surface area (Å²) in [6, 6.07) is 18.1. The van der Waals surface area contributed by atoms with Gasteiger partial charge in [-0.05, 0) is 12.1 Å². The zero-order valence-electron chi connectivity index (χ0n) is 8.14. The maximum Gasteiger partial charge on any atom is 0.458 e. The van der Waals surface area contributed by atoms with Crippen molar-refractivity contribution in [1.82, 2.24) is 0 Å².